The molecule has 0 spiro atoms. The van der Waals surface area contributed by atoms with Crippen molar-refractivity contribution >= 4 is 35.0 Å². The van der Waals surface area contributed by atoms with E-state index in [1.54, 1.807) is 30.2 Å². The molecular formula is C13H20N2O3S2. The minimum Gasteiger partial charge on any atom is -0.465 e. The van der Waals surface area contributed by atoms with Gasteiger partial charge in [0.1, 0.15) is 6.04 Å². The quantitative estimate of drug-likeness (QED) is 0.733. The van der Waals surface area contributed by atoms with Gasteiger partial charge in [-0.3, -0.25) is 9.59 Å². The van der Waals surface area contributed by atoms with Crippen molar-refractivity contribution in [1.82, 2.24) is 4.90 Å². The van der Waals surface area contributed by atoms with Gasteiger partial charge in [0.05, 0.1) is 12.4 Å². The van der Waals surface area contributed by atoms with Crippen molar-refractivity contribution < 1.29 is 14.3 Å². The minimum atomic E-state index is -0.671. The predicted octanol–water partition coefficient (Wildman–Crippen LogP) is 1.33. The highest BCUT2D eigenvalue weighted by molar-refractivity contribution is 8.00. The van der Waals surface area contributed by atoms with Crippen LogP contribution in [-0.4, -0.2) is 48.0 Å². The summed E-state index contributed by atoms with van der Waals surface area (Å²) < 4.78 is 4.81. The average molecular weight is 316 g/mol. The van der Waals surface area contributed by atoms with Crippen LogP contribution >= 0.6 is 23.1 Å². The van der Waals surface area contributed by atoms with Crippen LogP contribution in [0.3, 0.4) is 0 Å². The van der Waals surface area contributed by atoms with Crippen LogP contribution in [0.2, 0.25) is 0 Å². The Hall–Kier alpha value is -1.05. The molecule has 20 heavy (non-hydrogen) atoms. The van der Waals surface area contributed by atoms with Crippen LogP contribution in [0.1, 0.15) is 12.5 Å². The van der Waals surface area contributed by atoms with Crippen molar-refractivity contribution in [3.05, 3.63) is 22.4 Å². The number of hydrogen-bond acceptors (Lipinski definition) is 6. The van der Waals surface area contributed by atoms with E-state index in [4.69, 9.17) is 10.5 Å². The molecule has 0 bridgehead atoms. The Morgan fingerprint density at radius 1 is 1.55 bits per heavy atom. The van der Waals surface area contributed by atoms with Gasteiger partial charge in [-0.1, -0.05) is 0 Å². The molecule has 1 aromatic rings. The summed E-state index contributed by atoms with van der Waals surface area (Å²) in [5.41, 5.74) is 6.78. The highest BCUT2D eigenvalue weighted by atomic mass is 32.2. The fourth-order valence-electron chi connectivity index (χ4n) is 1.45. The molecule has 0 radical (unpaired) electrons. The Balaban J connectivity index is 2.24. The number of thiophene rings is 1. The maximum absolute atomic E-state index is 11.9. The molecule has 1 atom stereocenters. The van der Waals surface area contributed by atoms with Gasteiger partial charge in [0.2, 0.25) is 5.91 Å². The van der Waals surface area contributed by atoms with Crippen molar-refractivity contribution in [2.45, 2.75) is 19.5 Å². The van der Waals surface area contributed by atoms with Gasteiger partial charge in [-0.25, -0.2) is 0 Å². The Bertz CT molecular complexity index is 423. The lowest BCUT2D eigenvalue weighted by Crippen LogP contribution is -2.35. The summed E-state index contributed by atoms with van der Waals surface area (Å²) in [6, 6.07) is 1.33. The molecule has 1 amide bonds. The van der Waals surface area contributed by atoms with Crippen LogP contribution in [0.25, 0.3) is 0 Å². The molecular weight excluding hydrogens is 296 g/mol. The minimum absolute atomic E-state index is 0.0252. The molecule has 0 aliphatic rings. The van der Waals surface area contributed by atoms with Crippen molar-refractivity contribution in [3.63, 3.8) is 0 Å². The first kappa shape index (κ1) is 17.0. The number of hydrogen-bond donors (Lipinski definition) is 1. The average Bonchev–Trinajstić information content (AvgIpc) is 2.91. The highest BCUT2D eigenvalue weighted by Crippen LogP contribution is 2.10. The van der Waals surface area contributed by atoms with E-state index in [0.717, 1.165) is 5.56 Å². The number of amides is 1. The highest BCUT2D eigenvalue weighted by Gasteiger charge is 2.16. The van der Waals surface area contributed by atoms with Crippen LogP contribution < -0.4 is 5.73 Å². The first-order valence-corrected chi connectivity index (χ1v) is 8.39. The van der Waals surface area contributed by atoms with Gasteiger partial charge in [0.25, 0.3) is 0 Å². The Labute approximate surface area is 127 Å². The van der Waals surface area contributed by atoms with Crippen molar-refractivity contribution in [3.8, 4) is 0 Å². The van der Waals surface area contributed by atoms with E-state index in [-0.39, 0.29) is 5.91 Å². The number of thioether (sulfide) groups is 1. The van der Waals surface area contributed by atoms with Crippen LogP contribution in [0.15, 0.2) is 16.8 Å². The molecule has 1 unspecified atom stereocenters. The van der Waals surface area contributed by atoms with E-state index in [1.807, 2.05) is 16.8 Å². The molecule has 0 aliphatic carbocycles. The summed E-state index contributed by atoms with van der Waals surface area (Å²) in [5.74, 6) is 0.307. The molecule has 2 N–H and O–H groups in total. The third kappa shape index (κ3) is 5.94. The smallest absolute Gasteiger partial charge is 0.323 e. The van der Waals surface area contributed by atoms with Crippen LogP contribution in [0, 0.1) is 0 Å². The second-order valence-corrected chi connectivity index (χ2v) is 6.07. The number of carbonyl (C=O) groups excluding carboxylic acids is 2. The van der Waals surface area contributed by atoms with E-state index in [1.165, 1.54) is 11.8 Å². The summed E-state index contributed by atoms with van der Waals surface area (Å²) in [4.78, 5) is 24.9. The lowest BCUT2D eigenvalue weighted by atomic mass is 10.3. The second-order valence-electron chi connectivity index (χ2n) is 4.26. The maximum Gasteiger partial charge on any atom is 0.323 e. The van der Waals surface area contributed by atoms with E-state index in [9.17, 15) is 9.59 Å². The summed E-state index contributed by atoms with van der Waals surface area (Å²) in [6.45, 7) is 2.66. The Morgan fingerprint density at radius 3 is 2.90 bits per heavy atom. The molecule has 112 valence electrons. The molecule has 5 nitrogen and oxygen atoms in total. The molecule has 0 fully saturated rings. The number of esters is 1. The molecule has 0 saturated carbocycles. The van der Waals surface area contributed by atoms with Crippen molar-refractivity contribution in [2.24, 2.45) is 5.73 Å². The normalized spacial score (nSPS) is 11.9. The van der Waals surface area contributed by atoms with Gasteiger partial charge in [0, 0.05) is 19.3 Å². The fraction of sp³-hybridized carbons (Fsp3) is 0.538. The van der Waals surface area contributed by atoms with E-state index in [2.05, 4.69) is 0 Å². The number of ether oxygens (including phenoxy) is 1. The lowest BCUT2D eigenvalue weighted by molar-refractivity contribution is -0.144. The monoisotopic (exact) mass is 316 g/mol. The lowest BCUT2D eigenvalue weighted by Gasteiger charge is -2.16. The standard InChI is InChI=1S/C13H20N2O3S2/c1-3-18-13(17)11(14)8-20-9-12(16)15(2)6-10-4-5-19-7-10/h4-5,7,11H,3,6,8-9,14H2,1-2H3. The zero-order valence-electron chi connectivity index (χ0n) is 11.7. The van der Waals surface area contributed by atoms with E-state index < -0.39 is 12.0 Å². The largest absolute Gasteiger partial charge is 0.465 e. The first-order chi connectivity index (χ1) is 9.54. The number of nitrogens with two attached hydrogens (primary N) is 1. The third-order valence-corrected chi connectivity index (χ3v) is 4.32. The van der Waals surface area contributed by atoms with Gasteiger partial charge in [-0.2, -0.15) is 11.3 Å². The predicted molar refractivity (Wildman–Crippen MR) is 82.7 cm³/mol. The topological polar surface area (TPSA) is 72.6 Å². The molecule has 0 aromatic carbocycles. The molecule has 0 aliphatic heterocycles. The van der Waals surface area contributed by atoms with Crippen LogP contribution in [-0.2, 0) is 20.9 Å². The van der Waals surface area contributed by atoms with Crippen molar-refractivity contribution in [2.75, 3.05) is 25.2 Å². The zero-order chi connectivity index (χ0) is 15.0. The van der Waals surface area contributed by atoms with Gasteiger partial charge < -0.3 is 15.4 Å². The maximum atomic E-state index is 11.9. The first-order valence-electron chi connectivity index (χ1n) is 6.29. The Kier molecular flexibility index (Phi) is 7.64. The molecule has 1 aromatic heterocycles. The number of carbonyl (C=O) groups is 2. The fourth-order valence-corrected chi connectivity index (χ4v) is 3.01. The van der Waals surface area contributed by atoms with Gasteiger partial charge in [0.15, 0.2) is 0 Å². The third-order valence-electron chi connectivity index (χ3n) is 2.54. The summed E-state index contributed by atoms with van der Waals surface area (Å²) in [5, 5.41) is 4.01. The number of rotatable bonds is 8. The zero-order valence-corrected chi connectivity index (χ0v) is 13.3. The van der Waals surface area contributed by atoms with Crippen molar-refractivity contribution in [1.29, 1.82) is 0 Å². The molecule has 7 heteroatoms. The molecule has 1 rings (SSSR count). The second kappa shape index (κ2) is 8.99. The van der Waals surface area contributed by atoms with Gasteiger partial charge in [-0.15, -0.1) is 11.8 Å². The molecule has 1 heterocycles. The van der Waals surface area contributed by atoms with Gasteiger partial charge in [-0.05, 0) is 29.3 Å². The summed E-state index contributed by atoms with van der Waals surface area (Å²) in [7, 11) is 1.77. The molecule has 0 saturated heterocycles. The SMILES string of the molecule is CCOC(=O)C(N)CSCC(=O)N(C)Cc1ccsc1. The summed E-state index contributed by atoms with van der Waals surface area (Å²) >= 11 is 2.96. The van der Waals surface area contributed by atoms with Crippen LogP contribution in [0.5, 0.6) is 0 Å². The Morgan fingerprint density at radius 2 is 2.30 bits per heavy atom. The number of nitrogens with zero attached hydrogens (tertiary/aromatic N) is 1. The van der Waals surface area contributed by atoms with Gasteiger partial charge >= 0.3 is 5.97 Å². The van der Waals surface area contributed by atoms with E-state index in [0.29, 0.717) is 24.7 Å². The summed E-state index contributed by atoms with van der Waals surface area (Å²) in [6.07, 6.45) is 0. The van der Waals surface area contributed by atoms with E-state index >= 15 is 0 Å². The van der Waals surface area contributed by atoms with Crippen LogP contribution in [0.4, 0.5) is 0 Å².